The molecule has 0 aliphatic carbocycles. The zero-order chi connectivity index (χ0) is 14.1. The lowest BCUT2D eigenvalue weighted by molar-refractivity contribution is -0.138. The number of fused-ring (bicyclic) bond motifs is 1. The van der Waals surface area contributed by atoms with Crippen LogP contribution in [0.25, 0.3) is 0 Å². The van der Waals surface area contributed by atoms with E-state index >= 15 is 0 Å². The standard InChI is InChI=1S/C16H14ClNO2/c17-13-6-3-4-11(8-13)10-18-14-7-2-1-5-12(14)9-15(18)16(19)20/h1-8,15H,9-10H2,(H,19,20). The molecular formula is C16H14ClNO2. The number of hydrogen-bond donors (Lipinski definition) is 1. The predicted octanol–water partition coefficient (Wildman–Crippen LogP) is 3.36. The van der Waals surface area contributed by atoms with E-state index in [0.717, 1.165) is 16.8 Å². The van der Waals surface area contributed by atoms with Gasteiger partial charge in [0.15, 0.2) is 0 Å². The van der Waals surface area contributed by atoms with E-state index in [4.69, 9.17) is 11.6 Å². The van der Waals surface area contributed by atoms with Crippen LogP contribution in [0.15, 0.2) is 48.5 Å². The van der Waals surface area contributed by atoms with E-state index < -0.39 is 12.0 Å². The van der Waals surface area contributed by atoms with E-state index in [1.807, 2.05) is 53.4 Å². The molecule has 1 aliphatic heterocycles. The first-order valence-corrected chi connectivity index (χ1v) is 6.85. The molecule has 1 unspecified atom stereocenters. The number of rotatable bonds is 3. The third-order valence-electron chi connectivity index (χ3n) is 3.62. The monoisotopic (exact) mass is 287 g/mol. The Morgan fingerprint density at radius 1 is 1.25 bits per heavy atom. The molecule has 20 heavy (non-hydrogen) atoms. The van der Waals surface area contributed by atoms with E-state index in [1.165, 1.54) is 0 Å². The number of nitrogens with zero attached hydrogens (tertiary/aromatic N) is 1. The number of halogens is 1. The third kappa shape index (κ3) is 2.37. The van der Waals surface area contributed by atoms with Gasteiger partial charge in [-0.05, 0) is 29.3 Å². The summed E-state index contributed by atoms with van der Waals surface area (Å²) in [6, 6.07) is 14.9. The maximum atomic E-state index is 11.5. The molecule has 0 saturated heterocycles. The summed E-state index contributed by atoms with van der Waals surface area (Å²) in [4.78, 5) is 13.4. The highest BCUT2D eigenvalue weighted by molar-refractivity contribution is 6.30. The molecule has 0 spiro atoms. The number of hydrogen-bond acceptors (Lipinski definition) is 2. The molecule has 0 saturated carbocycles. The van der Waals surface area contributed by atoms with Crippen molar-refractivity contribution in [3.63, 3.8) is 0 Å². The fourth-order valence-electron chi connectivity index (χ4n) is 2.70. The zero-order valence-corrected chi connectivity index (χ0v) is 11.5. The van der Waals surface area contributed by atoms with Gasteiger partial charge in [-0.1, -0.05) is 41.9 Å². The van der Waals surface area contributed by atoms with Gasteiger partial charge in [-0.3, -0.25) is 0 Å². The Morgan fingerprint density at radius 2 is 2.05 bits per heavy atom. The van der Waals surface area contributed by atoms with Crippen molar-refractivity contribution in [2.45, 2.75) is 19.0 Å². The maximum absolute atomic E-state index is 11.5. The summed E-state index contributed by atoms with van der Waals surface area (Å²) in [6.45, 7) is 0.550. The minimum atomic E-state index is -0.789. The van der Waals surface area contributed by atoms with Crippen LogP contribution in [-0.2, 0) is 17.8 Å². The second-order valence-electron chi connectivity index (χ2n) is 4.94. The molecule has 1 N–H and O–H groups in total. The van der Waals surface area contributed by atoms with Crippen LogP contribution in [0, 0.1) is 0 Å². The van der Waals surface area contributed by atoms with Crippen molar-refractivity contribution in [2.24, 2.45) is 0 Å². The van der Waals surface area contributed by atoms with Crippen LogP contribution >= 0.6 is 11.6 Å². The van der Waals surface area contributed by atoms with Crippen molar-refractivity contribution in [3.05, 3.63) is 64.7 Å². The van der Waals surface area contributed by atoms with E-state index in [9.17, 15) is 9.90 Å². The summed E-state index contributed by atoms with van der Waals surface area (Å²) < 4.78 is 0. The molecule has 102 valence electrons. The Kier molecular flexibility index (Phi) is 3.36. The molecule has 0 radical (unpaired) electrons. The molecule has 0 fully saturated rings. The van der Waals surface area contributed by atoms with E-state index in [0.29, 0.717) is 18.0 Å². The van der Waals surface area contributed by atoms with Crippen LogP contribution in [0.1, 0.15) is 11.1 Å². The zero-order valence-electron chi connectivity index (χ0n) is 10.8. The molecule has 1 heterocycles. The molecular weight excluding hydrogens is 274 g/mol. The van der Waals surface area contributed by atoms with Gasteiger partial charge >= 0.3 is 5.97 Å². The number of benzene rings is 2. The Bertz CT molecular complexity index is 656. The summed E-state index contributed by atoms with van der Waals surface area (Å²) in [6.07, 6.45) is 0.548. The highest BCUT2D eigenvalue weighted by Gasteiger charge is 2.33. The number of para-hydroxylation sites is 1. The Labute approximate surface area is 122 Å². The highest BCUT2D eigenvalue weighted by atomic mass is 35.5. The lowest BCUT2D eigenvalue weighted by atomic mass is 10.1. The smallest absolute Gasteiger partial charge is 0.326 e. The molecule has 4 heteroatoms. The predicted molar refractivity (Wildman–Crippen MR) is 79.2 cm³/mol. The van der Waals surface area contributed by atoms with E-state index in [1.54, 1.807) is 0 Å². The first kappa shape index (κ1) is 13.0. The van der Waals surface area contributed by atoms with Crippen LogP contribution < -0.4 is 4.90 Å². The van der Waals surface area contributed by atoms with E-state index in [2.05, 4.69) is 0 Å². The van der Waals surface area contributed by atoms with Gasteiger partial charge in [-0.2, -0.15) is 0 Å². The fourth-order valence-corrected chi connectivity index (χ4v) is 2.91. The largest absolute Gasteiger partial charge is 0.480 e. The normalized spacial score (nSPS) is 17.1. The van der Waals surface area contributed by atoms with Crippen LogP contribution in [0.3, 0.4) is 0 Å². The summed E-state index contributed by atoms with van der Waals surface area (Å²) in [5, 5.41) is 10.1. The maximum Gasteiger partial charge on any atom is 0.326 e. The van der Waals surface area contributed by atoms with Crippen molar-refractivity contribution in [2.75, 3.05) is 4.90 Å². The van der Waals surface area contributed by atoms with Crippen molar-refractivity contribution in [1.29, 1.82) is 0 Å². The summed E-state index contributed by atoms with van der Waals surface area (Å²) in [5.74, 6) is -0.789. The minimum Gasteiger partial charge on any atom is -0.480 e. The van der Waals surface area contributed by atoms with Gasteiger partial charge in [0.1, 0.15) is 6.04 Å². The lowest BCUT2D eigenvalue weighted by Crippen LogP contribution is -2.38. The number of carboxylic acids is 1. The van der Waals surface area contributed by atoms with Crippen LogP contribution in [0.4, 0.5) is 5.69 Å². The quantitative estimate of drug-likeness (QED) is 0.941. The Hall–Kier alpha value is -2.00. The molecule has 0 aromatic heterocycles. The molecule has 2 aromatic rings. The Morgan fingerprint density at radius 3 is 2.80 bits per heavy atom. The van der Waals surface area contributed by atoms with Crippen molar-refractivity contribution in [1.82, 2.24) is 0 Å². The van der Waals surface area contributed by atoms with Gasteiger partial charge in [0, 0.05) is 23.7 Å². The SMILES string of the molecule is O=C(O)C1Cc2ccccc2N1Cc1cccc(Cl)c1. The van der Waals surface area contributed by atoms with Gasteiger partial charge in [0.05, 0.1) is 0 Å². The summed E-state index contributed by atoms with van der Waals surface area (Å²) in [5.41, 5.74) is 3.10. The first-order chi connectivity index (χ1) is 9.65. The average molecular weight is 288 g/mol. The second-order valence-corrected chi connectivity index (χ2v) is 5.38. The first-order valence-electron chi connectivity index (χ1n) is 6.47. The summed E-state index contributed by atoms with van der Waals surface area (Å²) in [7, 11) is 0. The molecule has 0 bridgehead atoms. The highest BCUT2D eigenvalue weighted by Crippen LogP contribution is 2.33. The lowest BCUT2D eigenvalue weighted by Gasteiger charge is -2.24. The summed E-state index contributed by atoms with van der Waals surface area (Å²) >= 11 is 5.99. The van der Waals surface area contributed by atoms with Crippen molar-refractivity contribution in [3.8, 4) is 0 Å². The minimum absolute atomic E-state index is 0.508. The number of aliphatic carboxylic acids is 1. The molecule has 1 aliphatic rings. The molecule has 3 nitrogen and oxygen atoms in total. The third-order valence-corrected chi connectivity index (χ3v) is 3.85. The van der Waals surface area contributed by atoms with Crippen molar-refractivity contribution >= 4 is 23.3 Å². The van der Waals surface area contributed by atoms with Gasteiger partial charge < -0.3 is 10.0 Å². The van der Waals surface area contributed by atoms with Gasteiger partial charge in [0.25, 0.3) is 0 Å². The average Bonchev–Trinajstić information content (AvgIpc) is 2.78. The van der Waals surface area contributed by atoms with Crippen LogP contribution in [0.2, 0.25) is 5.02 Å². The number of carbonyl (C=O) groups is 1. The molecule has 0 amide bonds. The molecule has 3 rings (SSSR count). The van der Waals surface area contributed by atoms with Gasteiger partial charge in [-0.25, -0.2) is 4.79 Å². The van der Waals surface area contributed by atoms with Gasteiger partial charge in [-0.15, -0.1) is 0 Å². The number of anilines is 1. The van der Waals surface area contributed by atoms with Gasteiger partial charge in [0.2, 0.25) is 0 Å². The Balaban J connectivity index is 1.94. The molecule has 1 atom stereocenters. The number of carboxylic acid groups (broad SMARTS) is 1. The van der Waals surface area contributed by atoms with Crippen LogP contribution in [0.5, 0.6) is 0 Å². The fraction of sp³-hybridized carbons (Fsp3) is 0.188. The topological polar surface area (TPSA) is 40.5 Å². The second kappa shape index (κ2) is 5.17. The van der Waals surface area contributed by atoms with Crippen molar-refractivity contribution < 1.29 is 9.90 Å². The molecule has 2 aromatic carbocycles. The van der Waals surface area contributed by atoms with Crippen LogP contribution in [-0.4, -0.2) is 17.1 Å². The van der Waals surface area contributed by atoms with E-state index in [-0.39, 0.29) is 0 Å².